The average Bonchev–Trinajstić information content (AvgIpc) is 2.47. The standard InChI is InChI=1S/C14H15N3O3/c1-2-20-10-11-3-5-12(6-4-11)16-14-8-7-13(9-15-14)17(18)19/h3-9H,2,10H2,1H3,(H,15,16). The quantitative estimate of drug-likeness (QED) is 0.645. The lowest BCUT2D eigenvalue weighted by Crippen LogP contribution is -1.96. The third kappa shape index (κ3) is 3.76. The van der Waals surface area contributed by atoms with Gasteiger partial charge in [-0.25, -0.2) is 4.98 Å². The molecule has 20 heavy (non-hydrogen) atoms. The number of anilines is 2. The Balaban J connectivity index is 2.00. The normalized spacial score (nSPS) is 10.2. The van der Waals surface area contributed by atoms with Crippen LogP contribution in [0.1, 0.15) is 12.5 Å². The summed E-state index contributed by atoms with van der Waals surface area (Å²) in [5, 5.41) is 13.6. The predicted octanol–water partition coefficient (Wildman–Crippen LogP) is 3.27. The molecule has 2 aromatic rings. The second kappa shape index (κ2) is 6.63. The average molecular weight is 273 g/mol. The van der Waals surface area contributed by atoms with Gasteiger partial charge in [0, 0.05) is 18.4 Å². The summed E-state index contributed by atoms with van der Waals surface area (Å²) in [7, 11) is 0. The lowest BCUT2D eigenvalue weighted by atomic mass is 10.2. The largest absolute Gasteiger partial charge is 0.377 e. The second-order valence-corrected chi connectivity index (χ2v) is 4.12. The Morgan fingerprint density at radius 1 is 1.25 bits per heavy atom. The molecule has 0 saturated heterocycles. The van der Waals surface area contributed by atoms with Gasteiger partial charge in [0.1, 0.15) is 12.0 Å². The molecule has 104 valence electrons. The van der Waals surface area contributed by atoms with Crippen LogP contribution in [-0.2, 0) is 11.3 Å². The summed E-state index contributed by atoms with van der Waals surface area (Å²) < 4.78 is 5.32. The molecule has 6 heteroatoms. The van der Waals surface area contributed by atoms with E-state index < -0.39 is 4.92 Å². The molecule has 1 aromatic heterocycles. The van der Waals surface area contributed by atoms with Gasteiger partial charge in [-0.15, -0.1) is 0 Å². The van der Waals surface area contributed by atoms with Crippen LogP contribution in [0.15, 0.2) is 42.6 Å². The molecule has 1 N–H and O–H groups in total. The number of hydrogen-bond donors (Lipinski definition) is 1. The van der Waals surface area contributed by atoms with Crippen molar-refractivity contribution in [2.45, 2.75) is 13.5 Å². The van der Waals surface area contributed by atoms with Gasteiger partial charge >= 0.3 is 0 Å². The molecular weight excluding hydrogens is 258 g/mol. The molecular formula is C14H15N3O3. The first-order valence-electron chi connectivity index (χ1n) is 6.23. The highest BCUT2D eigenvalue weighted by atomic mass is 16.6. The fourth-order valence-corrected chi connectivity index (χ4v) is 1.62. The Kier molecular flexibility index (Phi) is 4.62. The van der Waals surface area contributed by atoms with Crippen molar-refractivity contribution in [1.82, 2.24) is 4.98 Å². The van der Waals surface area contributed by atoms with Crippen molar-refractivity contribution in [2.24, 2.45) is 0 Å². The summed E-state index contributed by atoms with van der Waals surface area (Å²) in [4.78, 5) is 14.0. The molecule has 1 heterocycles. The van der Waals surface area contributed by atoms with Crippen molar-refractivity contribution in [2.75, 3.05) is 11.9 Å². The highest BCUT2D eigenvalue weighted by molar-refractivity contribution is 5.57. The molecule has 1 aromatic carbocycles. The van der Waals surface area contributed by atoms with Crippen LogP contribution in [0, 0.1) is 10.1 Å². The number of aromatic nitrogens is 1. The van der Waals surface area contributed by atoms with E-state index in [2.05, 4.69) is 10.3 Å². The topological polar surface area (TPSA) is 77.3 Å². The summed E-state index contributed by atoms with van der Waals surface area (Å²) in [6.07, 6.45) is 1.23. The molecule has 0 aliphatic heterocycles. The van der Waals surface area contributed by atoms with E-state index in [9.17, 15) is 10.1 Å². The zero-order valence-corrected chi connectivity index (χ0v) is 11.1. The van der Waals surface area contributed by atoms with Crippen molar-refractivity contribution >= 4 is 17.2 Å². The van der Waals surface area contributed by atoms with Crippen molar-refractivity contribution in [1.29, 1.82) is 0 Å². The summed E-state index contributed by atoms with van der Waals surface area (Å²) >= 11 is 0. The van der Waals surface area contributed by atoms with Gasteiger partial charge < -0.3 is 10.1 Å². The number of pyridine rings is 1. The van der Waals surface area contributed by atoms with Gasteiger partial charge in [-0.3, -0.25) is 10.1 Å². The second-order valence-electron chi connectivity index (χ2n) is 4.12. The van der Waals surface area contributed by atoms with Gasteiger partial charge in [0.25, 0.3) is 5.69 Å². The number of ether oxygens (including phenoxy) is 1. The number of rotatable bonds is 6. The lowest BCUT2D eigenvalue weighted by molar-refractivity contribution is -0.385. The van der Waals surface area contributed by atoms with Crippen LogP contribution in [0.3, 0.4) is 0 Å². The van der Waals surface area contributed by atoms with Crippen LogP contribution in [0.4, 0.5) is 17.2 Å². The molecule has 0 bridgehead atoms. The highest BCUT2D eigenvalue weighted by Gasteiger charge is 2.05. The van der Waals surface area contributed by atoms with Crippen molar-refractivity contribution in [3.05, 3.63) is 58.3 Å². The van der Waals surface area contributed by atoms with Crippen LogP contribution in [0.2, 0.25) is 0 Å². The van der Waals surface area contributed by atoms with Crippen LogP contribution < -0.4 is 5.32 Å². The van der Waals surface area contributed by atoms with Crippen LogP contribution in [0.25, 0.3) is 0 Å². The summed E-state index contributed by atoms with van der Waals surface area (Å²) in [6.45, 7) is 3.23. The van der Waals surface area contributed by atoms with Crippen molar-refractivity contribution in [3.8, 4) is 0 Å². The Labute approximate surface area is 116 Å². The monoisotopic (exact) mass is 273 g/mol. The number of benzene rings is 1. The maximum Gasteiger partial charge on any atom is 0.287 e. The molecule has 0 atom stereocenters. The van der Waals surface area contributed by atoms with Crippen LogP contribution >= 0.6 is 0 Å². The molecule has 0 saturated carbocycles. The van der Waals surface area contributed by atoms with E-state index in [1.165, 1.54) is 12.3 Å². The first kappa shape index (κ1) is 14.0. The maximum absolute atomic E-state index is 10.5. The number of nitrogens with one attached hydrogen (secondary N) is 1. The van der Waals surface area contributed by atoms with Crippen LogP contribution in [0.5, 0.6) is 0 Å². The zero-order chi connectivity index (χ0) is 14.4. The van der Waals surface area contributed by atoms with E-state index in [4.69, 9.17) is 4.74 Å². The molecule has 0 fully saturated rings. The number of hydrogen-bond acceptors (Lipinski definition) is 5. The van der Waals surface area contributed by atoms with E-state index in [-0.39, 0.29) is 5.69 Å². The van der Waals surface area contributed by atoms with Gasteiger partial charge in [-0.2, -0.15) is 0 Å². The zero-order valence-electron chi connectivity index (χ0n) is 11.1. The minimum absolute atomic E-state index is 0.0254. The first-order valence-corrected chi connectivity index (χ1v) is 6.23. The van der Waals surface area contributed by atoms with Gasteiger partial charge in [-0.1, -0.05) is 12.1 Å². The fraction of sp³-hybridized carbons (Fsp3) is 0.214. The fourth-order valence-electron chi connectivity index (χ4n) is 1.62. The predicted molar refractivity (Wildman–Crippen MR) is 75.9 cm³/mol. The maximum atomic E-state index is 10.5. The van der Waals surface area contributed by atoms with Crippen LogP contribution in [-0.4, -0.2) is 16.5 Å². The first-order chi connectivity index (χ1) is 9.69. The Morgan fingerprint density at radius 3 is 2.55 bits per heavy atom. The molecule has 0 aliphatic rings. The Bertz CT molecular complexity index is 567. The molecule has 0 amide bonds. The Morgan fingerprint density at radius 2 is 2.00 bits per heavy atom. The lowest BCUT2D eigenvalue weighted by Gasteiger charge is -2.06. The third-order valence-corrected chi connectivity index (χ3v) is 2.66. The molecule has 0 radical (unpaired) electrons. The number of nitro groups is 1. The van der Waals surface area contributed by atoms with Gasteiger partial charge in [-0.05, 0) is 30.7 Å². The van der Waals surface area contributed by atoms with Crippen molar-refractivity contribution < 1.29 is 9.66 Å². The van der Waals surface area contributed by atoms with Gasteiger partial charge in [0.15, 0.2) is 0 Å². The van der Waals surface area contributed by atoms with Gasteiger partial charge in [0.2, 0.25) is 0 Å². The van der Waals surface area contributed by atoms with E-state index in [0.29, 0.717) is 19.0 Å². The highest BCUT2D eigenvalue weighted by Crippen LogP contribution is 2.17. The molecule has 0 spiro atoms. The molecule has 0 aliphatic carbocycles. The van der Waals surface area contributed by atoms with Crippen molar-refractivity contribution in [3.63, 3.8) is 0 Å². The number of nitrogens with zero attached hydrogens (tertiary/aromatic N) is 2. The minimum atomic E-state index is -0.473. The van der Waals surface area contributed by atoms with E-state index in [0.717, 1.165) is 11.3 Å². The molecule has 6 nitrogen and oxygen atoms in total. The van der Waals surface area contributed by atoms with E-state index in [1.807, 2.05) is 31.2 Å². The summed E-state index contributed by atoms with van der Waals surface area (Å²) in [5.74, 6) is 0.563. The van der Waals surface area contributed by atoms with E-state index >= 15 is 0 Å². The summed E-state index contributed by atoms with van der Waals surface area (Å²) in [6, 6.07) is 10.7. The van der Waals surface area contributed by atoms with E-state index in [1.54, 1.807) is 6.07 Å². The third-order valence-electron chi connectivity index (χ3n) is 2.66. The minimum Gasteiger partial charge on any atom is -0.377 e. The SMILES string of the molecule is CCOCc1ccc(Nc2ccc([N+](=O)[O-])cn2)cc1. The molecule has 2 rings (SSSR count). The smallest absolute Gasteiger partial charge is 0.287 e. The summed E-state index contributed by atoms with van der Waals surface area (Å²) in [5.41, 5.74) is 1.93. The van der Waals surface area contributed by atoms with Gasteiger partial charge in [0.05, 0.1) is 11.5 Å². The molecule has 0 unspecified atom stereocenters. The Hall–Kier alpha value is -2.47.